The van der Waals surface area contributed by atoms with E-state index in [9.17, 15) is 5.11 Å². The van der Waals surface area contributed by atoms with Gasteiger partial charge in [-0.3, -0.25) is 0 Å². The molecular formula is C14H13NO. The zero-order valence-corrected chi connectivity index (χ0v) is 9.13. The zero-order valence-electron chi connectivity index (χ0n) is 9.13. The van der Waals surface area contributed by atoms with Gasteiger partial charge in [-0.15, -0.1) is 0 Å². The van der Waals surface area contributed by atoms with Crippen LogP contribution in [-0.2, 0) is 0 Å². The van der Waals surface area contributed by atoms with Crippen LogP contribution < -0.4 is 9.67 Å². The maximum Gasteiger partial charge on any atom is 0.174 e. The summed E-state index contributed by atoms with van der Waals surface area (Å²) in [5.74, 6) is 0.00875. The highest BCUT2D eigenvalue weighted by Gasteiger charge is 1.96. The van der Waals surface area contributed by atoms with Gasteiger partial charge in [0.15, 0.2) is 18.6 Å². The molecule has 0 aliphatic heterocycles. The Morgan fingerprint density at radius 1 is 1.06 bits per heavy atom. The molecule has 2 nitrogen and oxygen atoms in total. The first-order valence-electron chi connectivity index (χ1n) is 5.17. The topological polar surface area (TPSA) is 26.9 Å². The number of rotatable bonds is 2. The second kappa shape index (κ2) is 4.62. The molecule has 0 radical (unpaired) electrons. The molecule has 0 amide bonds. The van der Waals surface area contributed by atoms with E-state index in [1.165, 1.54) is 5.56 Å². The average molecular weight is 211 g/mol. The summed E-state index contributed by atoms with van der Waals surface area (Å²) in [4.78, 5) is 0. The molecule has 0 saturated heterocycles. The van der Waals surface area contributed by atoms with Gasteiger partial charge in [-0.05, 0) is 23.8 Å². The number of aromatic nitrogens is 1. The molecular weight excluding hydrogens is 198 g/mol. The van der Waals surface area contributed by atoms with Gasteiger partial charge in [0.2, 0.25) is 0 Å². The summed E-state index contributed by atoms with van der Waals surface area (Å²) in [6.07, 6.45) is 5.32. The average Bonchev–Trinajstić information content (AvgIpc) is 2.33. The van der Waals surface area contributed by atoms with Gasteiger partial charge in [-0.25, -0.2) is 0 Å². The third-order valence-electron chi connectivity index (χ3n) is 2.34. The van der Waals surface area contributed by atoms with Crippen molar-refractivity contribution < 1.29 is 9.67 Å². The molecule has 16 heavy (non-hydrogen) atoms. The quantitative estimate of drug-likeness (QED) is 0.547. The number of hydrogen-bond donors (Lipinski definition) is 0. The minimum absolute atomic E-state index is 0.00875. The van der Waals surface area contributed by atoms with E-state index in [1.54, 1.807) is 10.8 Å². The summed E-state index contributed by atoms with van der Waals surface area (Å²) in [5.41, 5.74) is 1.88. The van der Waals surface area contributed by atoms with Crippen LogP contribution >= 0.6 is 0 Å². The largest absolute Gasteiger partial charge is 0.868 e. The molecule has 80 valence electrons. The van der Waals surface area contributed by atoms with Gasteiger partial charge in [0.25, 0.3) is 0 Å². The van der Waals surface area contributed by atoms with E-state index in [2.05, 4.69) is 0 Å². The monoisotopic (exact) mass is 211 g/mol. The van der Waals surface area contributed by atoms with Crippen molar-refractivity contribution in [3.63, 3.8) is 0 Å². The summed E-state index contributed by atoms with van der Waals surface area (Å²) in [7, 11) is 0. The molecule has 0 bridgehead atoms. The van der Waals surface area contributed by atoms with E-state index in [1.807, 2.05) is 61.8 Å². The van der Waals surface area contributed by atoms with Crippen LogP contribution in [-0.4, -0.2) is 0 Å². The number of hydrogen-bond acceptors (Lipinski definition) is 1. The van der Waals surface area contributed by atoms with Gasteiger partial charge in [0, 0.05) is 12.1 Å². The third kappa shape index (κ3) is 2.48. The Kier molecular flexibility index (Phi) is 3.01. The van der Waals surface area contributed by atoms with Crippen molar-refractivity contribution in [2.75, 3.05) is 0 Å². The minimum atomic E-state index is 0.00875. The summed E-state index contributed by atoms with van der Waals surface area (Å²) >= 11 is 0. The molecule has 0 unspecified atom stereocenters. The Hall–Kier alpha value is -2.09. The van der Waals surface area contributed by atoms with Crippen molar-refractivity contribution in [3.8, 4) is 0 Å². The maximum absolute atomic E-state index is 11.8. The van der Waals surface area contributed by atoms with E-state index in [-0.39, 0.29) is 5.76 Å². The van der Waals surface area contributed by atoms with E-state index >= 15 is 0 Å². The minimum Gasteiger partial charge on any atom is -0.868 e. The first-order chi connectivity index (χ1) is 7.75. The van der Waals surface area contributed by atoms with E-state index in [0.717, 1.165) is 0 Å². The van der Waals surface area contributed by atoms with Crippen LogP contribution in [0.15, 0.2) is 54.9 Å². The molecule has 1 heterocycles. The van der Waals surface area contributed by atoms with Crippen LogP contribution in [0.25, 0.3) is 12.0 Å². The summed E-state index contributed by atoms with van der Waals surface area (Å²) < 4.78 is 1.77. The summed E-state index contributed by atoms with van der Waals surface area (Å²) in [6.45, 7) is 2.02. The Morgan fingerprint density at radius 2 is 1.69 bits per heavy atom. The van der Waals surface area contributed by atoms with Crippen molar-refractivity contribution in [2.45, 2.75) is 6.92 Å². The Bertz CT molecular complexity index is 486. The molecule has 2 aromatic rings. The van der Waals surface area contributed by atoms with Crippen molar-refractivity contribution in [3.05, 3.63) is 66.0 Å². The maximum atomic E-state index is 11.8. The van der Waals surface area contributed by atoms with Crippen LogP contribution in [0.4, 0.5) is 0 Å². The van der Waals surface area contributed by atoms with Crippen LogP contribution in [0.5, 0.6) is 0 Å². The van der Waals surface area contributed by atoms with Gasteiger partial charge < -0.3 is 5.11 Å². The number of pyridine rings is 1. The third-order valence-corrected chi connectivity index (χ3v) is 2.34. The number of benzene rings is 1. The molecule has 2 heteroatoms. The van der Waals surface area contributed by atoms with Crippen molar-refractivity contribution in [1.29, 1.82) is 0 Å². The lowest BCUT2D eigenvalue weighted by atomic mass is 10.2. The number of nitrogens with zero attached hydrogens (tertiary/aromatic N) is 1. The first-order valence-corrected chi connectivity index (χ1v) is 5.17. The molecule has 0 atom stereocenters. The van der Waals surface area contributed by atoms with Gasteiger partial charge in [0.05, 0.1) is 0 Å². The van der Waals surface area contributed by atoms with E-state index < -0.39 is 0 Å². The van der Waals surface area contributed by atoms with Crippen LogP contribution in [0.1, 0.15) is 11.1 Å². The fourth-order valence-electron chi connectivity index (χ4n) is 1.41. The predicted molar refractivity (Wildman–Crippen MR) is 62.0 cm³/mol. The highest BCUT2D eigenvalue weighted by Crippen LogP contribution is 2.06. The normalized spacial score (nSPS) is 11.4. The fraction of sp³-hybridized carbons (Fsp3) is 0.0714. The smallest absolute Gasteiger partial charge is 0.174 e. The Labute approximate surface area is 95.1 Å². The molecule has 0 N–H and O–H groups in total. The van der Waals surface area contributed by atoms with Crippen molar-refractivity contribution in [2.24, 2.45) is 0 Å². The summed E-state index contributed by atoms with van der Waals surface area (Å²) in [6, 6.07) is 13.2. The highest BCUT2D eigenvalue weighted by atomic mass is 16.3. The molecule has 0 aliphatic carbocycles. The van der Waals surface area contributed by atoms with Gasteiger partial charge in [-0.1, -0.05) is 30.3 Å². The second-order valence-electron chi connectivity index (χ2n) is 3.68. The summed E-state index contributed by atoms with van der Waals surface area (Å²) in [5, 5.41) is 11.8. The number of aryl methyl sites for hydroxylation is 1. The molecule has 0 aliphatic rings. The Balaban J connectivity index is 2.28. The zero-order chi connectivity index (χ0) is 11.4. The van der Waals surface area contributed by atoms with Crippen LogP contribution in [0, 0.1) is 6.92 Å². The molecule has 1 aromatic carbocycles. The van der Waals surface area contributed by atoms with E-state index in [4.69, 9.17) is 0 Å². The van der Waals surface area contributed by atoms with Crippen molar-refractivity contribution >= 4 is 12.0 Å². The molecule has 1 aromatic heterocycles. The lowest BCUT2D eigenvalue weighted by Crippen LogP contribution is -2.26. The lowest BCUT2D eigenvalue weighted by Gasteiger charge is -2.08. The van der Waals surface area contributed by atoms with Crippen LogP contribution in [0.3, 0.4) is 0 Å². The fourth-order valence-corrected chi connectivity index (χ4v) is 1.41. The SMILES string of the molecule is Cc1cc[n+](/C=C(\[O-])c2ccccc2)cc1. The molecule has 0 saturated carbocycles. The molecule has 0 spiro atoms. The second-order valence-corrected chi connectivity index (χ2v) is 3.68. The van der Waals surface area contributed by atoms with Gasteiger partial charge >= 0.3 is 0 Å². The highest BCUT2D eigenvalue weighted by molar-refractivity contribution is 5.64. The predicted octanol–water partition coefficient (Wildman–Crippen LogP) is 1.60. The van der Waals surface area contributed by atoms with Gasteiger partial charge in [0.1, 0.15) is 0 Å². The first kappa shape index (κ1) is 10.4. The molecule has 2 rings (SSSR count). The van der Waals surface area contributed by atoms with Crippen molar-refractivity contribution in [1.82, 2.24) is 0 Å². The molecule has 0 fully saturated rings. The lowest BCUT2D eigenvalue weighted by molar-refractivity contribution is -0.570. The van der Waals surface area contributed by atoms with E-state index in [0.29, 0.717) is 5.56 Å². The van der Waals surface area contributed by atoms with Crippen LogP contribution in [0.2, 0.25) is 0 Å². The Morgan fingerprint density at radius 3 is 2.31 bits per heavy atom. The van der Waals surface area contributed by atoms with Gasteiger partial charge in [-0.2, -0.15) is 4.57 Å². The standard InChI is InChI=1S/C14H13NO/c1-12-7-9-15(10-8-12)11-14(16)13-5-3-2-4-6-13/h2-11H,1H3/b14-11-.